The zero-order chi connectivity index (χ0) is 16.3. The van der Waals surface area contributed by atoms with Crippen LogP contribution in [0.2, 0.25) is 0 Å². The topological polar surface area (TPSA) is 55.3 Å². The van der Waals surface area contributed by atoms with Gasteiger partial charge >= 0.3 is 0 Å². The number of nitrogens with one attached hydrogen (secondary N) is 1. The third-order valence-electron chi connectivity index (χ3n) is 2.87. The molecule has 0 aliphatic heterocycles. The number of benzene rings is 1. The molecule has 0 saturated heterocycles. The van der Waals surface area contributed by atoms with E-state index in [0.29, 0.717) is 0 Å². The first-order chi connectivity index (χ1) is 9.61. The van der Waals surface area contributed by atoms with Crippen LogP contribution in [-0.4, -0.2) is 27.7 Å². The summed E-state index contributed by atoms with van der Waals surface area (Å²) >= 11 is -1.52. The van der Waals surface area contributed by atoms with Crippen molar-refractivity contribution in [3.8, 4) is 0 Å². The molecule has 0 aromatic heterocycles. The molecule has 1 aromatic rings. The minimum absolute atomic E-state index is 0.265. The summed E-state index contributed by atoms with van der Waals surface area (Å²) in [5, 5.41) is 8.70. The van der Waals surface area contributed by atoms with Crippen LogP contribution in [-0.2, 0) is 17.3 Å². The molecule has 0 aliphatic carbocycles. The van der Waals surface area contributed by atoms with Gasteiger partial charge in [0, 0.05) is 16.9 Å². The van der Waals surface area contributed by atoms with Crippen LogP contribution >= 0.6 is 0 Å². The number of rotatable bonds is 6. The monoisotopic (exact) mass is 323 g/mol. The summed E-state index contributed by atoms with van der Waals surface area (Å²) < 4.78 is 54.1. The van der Waals surface area contributed by atoms with Crippen LogP contribution in [0.15, 0.2) is 24.3 Å². The lowest BCUT2D eigenvalue weighted by Crippen LogP contribution is -2.41. The highest BCUT2D eigenvalue weighted by molar-refractivity contribution is 7.90. The minimum Gasteiger partial charge on any atom is -0.598 e. The molecule has 7 heteroatoms. The average molecular weight is 323 g/mol. The second-order valence-electron chi connectivity index (χ2n) is 5.69. The van der Waals surface area contributed by atoms with Gasteiger partial charge in [-0.1, -0.05) is 18.2 Å². The number of aliphatic hydroxyl groups is 1. The fraction of sp³-hybridized carbons (Fsp3) is 0.571. The molecule has 0 heterocycles. The van der Waals surface area contributed by atoms with Gasteiger partial charge in [0.25, 0.3) is 5.92 Å². The molecule has 0 spiro atoms. The van der Waals surface area contributed by atoms with E-state index in [1.807, 2.05) is 0 Å². The van der Waals surface area contributed by atoms with Gasteiger partial charge in [-0.3, -0.25) is 0 Å². The van der Waals surface area contributed by atoms with Crippen molar-refractivity contribution in [2.75, 3.05) is 13.3 Å². The lowest BCUT2D eigenvalue weighted by molar-refractivity contribution is -0.0556. The molecule has 0 aliphatic rings. The van der Waals surface area contributed by atoms with E-state index in [-0.39, 0.29) is 5.56 Å². The maximum Gasteiger partial charge on any atom is 0.295 e. The fourth-order valence-corrected chi connectivity index (χ4v) is 2.38. The molecule has 120 valence electrons. The summed E-state index contributed by atoms with van der Waals surface area (Å²) in [7, 11) is 0. The Morgan fingerprint density at radius 2 is 1.95 bits per heavy atom. The smallest absolute Gasteiger partial charge is 0.295 e. The number of aliphatic hydroxyl groups excluding tert-OH is 1. The SMILES string of the molecule is CC(C)(C)[S+]([O-])NC(CF)c1cccc(C(F)(F)CO)c1. The van der Waals surface area contributed by atoms with Gasteiger partial charge in [-0.15, -0.1) is 4.72 Å². The molecule has 3 nitrogen and oxygen atoms in total. The Morgan fingerprint density at radius 3 is 2.43 bits per heavy atom. The van der Waals surface area contributed by atoms with E-state index in [0.717, 1.165) is 12.1 Å². The number of halogens is 3. The van der Waals surface area contributed by atoms with Crippen LogP contribution in [0, 0.1) is 0 Å². The first-order valence-corrected chi connectivity index (χ1v) is 7.60. The van der Waals surface area contributed by atoms with Gasteiger partial charge in [-0.25, -0.2) is 4.39 Å². The molecule has 0 fully saturated rings. The highest BCUT2D eigenvalue weighted by atomic mass is 32.2. The van der Waals surface area contributed by atoms with Gasteiger partial charge in [-0.2, -0.15) is 8.78 Å². The standard InChI is InChI=1S/C14H20F3NO2S/c1-13(2,3)21(20)18-12(8-15)10-5-4-6-11(7-10)14(16,17)9-19/h4-7,12,18-19H,8-9H2,1-3H3. The molecular weight excluding hydrogens is 303 g/mol. The van der Waals surface area contributed by atoms with Gasteiger partial charge in [-0.05, 0) is 32.4 Å². The van der Waals surface area contributed by atoms with Crippen LogP contribution in [0.25, 0.3) is 0 Å². The van der Waals surface area contributed by atoms with Crippen LogP contribution in [0.5, 0.6) is 0 Å². The van der Waals surface area contributed by atoms with E-state index in [1.54, 1.807) is 20.8 Å². The van der Waals surface area contributed by atoms with Crippen molar-refractivity contribution in [3.63, 3.8) is 0 Å². The van der Waals surface area contributed by atoms with Crippen molar-refractivity contribution >= 4 is 11.4 Å². The quantitative estimate of drug-likeness (QED) is 0.792. The van der Waals surface area contributed by atoms with E-state index in [4.69, 9.17) is 5.11 Å². The summed E-state index contributed by atoms with van der Waals surface area (Å²) in [5.41, 5.74) is -0.134. The lowest BCUT2D eigenvalue weighted by atomic mass is 10.0. The van der Waals surface area contributed by atoms with Crippen molar-refractivity contribution in [1.82, 2.24) is 4.72 Å². The van der Waals surface area contributed by atoms with Crippen molar-refractivity contribution in [2.45, 2.75) is 37.5 Å². The number of alkyl halides is 3. The van der Waals surface area contributed by atoms with Crippen LogP contribution < -0.4 is 4.72 Å². The second-order valence-corrected chi connectivity index (χ2v) is 7.69. The molecule has 2 unspecified atom stereocenters. The molecular formula is C14H20F3NO2S. The Kier molecular flexibility index (Phi) is 6.10. The summed E-state index contributed by atoms with van der Waals surface area (Å²) in [6, 6.07) is 4.18. The molecule has 0 radical (unpaired) electrons. The van der Waals surface area contributed by atoms with Crippen LogP contribution in [0.1, 0.15) is 37.9 Å². The van der Waals surface area contributed by atoms with Crippen LogP contribution in [0.3, 0.4) is 0 Å². The van der Waals surface area contributed by atoms with Crippen molar-refractivity contribution in [1.29, 1.82) is 0 Å². The molecule has 0 amide bonds. The van der Waals surface area contributed by atoms with Gasteiger partial charge in [0.1, 0.15) is 24.1 Å². The first kappa shape index (κ1) is 18.3. The van der Waals surface area contributed by atoms with Crippen LogP contribution in [0.4, 0.5) is 13.2 Å². The highest BCUT2D eigenvalue weighted by Gasteiger charge is 2.33. The van der Waals surface area contributed by atoms with Crippen molar-refractivity contribution in [3.05, 3.63) is 35.4 Å². The first-order valence-electron chi connectivity index (χ1n) is 6.45. The van der Waals surface area contributed by atoms with Gasteiger partial charge < -0.3 is 9.66 Å². The molecule has 0 saturated carbocycles. The van der Waals surface area contributed by atoms with E-state index in [1.165, 1.54) is 12.1 Å². The molecule has 0 bridgehead atoms. The fourth-order valence-electron chi connectivity index (χ4n) is 1.57. The van der Waals surface area contributed by atoms with Gasteiger partial charge in [0.05, 0.1) is 0 Å². The summed E-state index contributed by atoms with van der Waals surface area (Å²) in [6.45, 7) is 2.97. The summed E-state index contributed by atoms with van der Waals surface area (Å²) in [5.74, 6) is -3.39. The maximum absolute atomic E-state index is 13.5. The van der Waals surface area contributed by atoms with Crippen molar-refractivity contribution in [2.24, 2.45) is 0 Å². The Morgan fingerprint density at radius 1 is 1.33 bits per heavy atom. The lowest BCUT2D eigenvalue weighted by Gasteiger charge is -2.27. The third kappa shape index (κ3) is 4.88. The summed E-state index contributed by atoms with van der Waals surface area (Å²) in [4.78, 5) is 0. The molecule has 2 N–H and O–H groups in total. The normalized spacial score (nSPS) is 15.8. The molecule has 1 rings (SSSR count). The minimum atomic E-state index is -3.39. The highest BCUT2D eigenvalue weighted by Crippen LogP contribution is 2.29. The Balaban J connectivity index is 2.99. The van der Waals surface area contributed by atoms with E-state index in [2.05, 4.69) is 4.72 Å². The predicted octanol–water partition coefficient (Wildman–Crippen LogP) is 2.83. The molecule has 21 heavy (non-hydrogen) atoms. The van der Waals surface area contributed by atoms with Gasteiger partial charge in [0.2, 0.25) is 0 Å². The Bertz CT molecular complexity index is 466. The Hall–Kier alpha value is -0.760. The number of hydrogen-bond acceptors (Lipinski definition) is 3. The van der Waals surface area contributed by atoms with Crippen molar-refractivity contribution < 1.29 is 22.8 Å². The third-order valence-corrected chi connectivity index (χ3v) is 4.48. The van der Waals surface area contributed by atoms with E-state index < -0.39 is 46.9 Å². The largest absolute Gasteiger partial charge is 0.598 e. The second kappa shape index (κ2) is 7.00. The predicted molar refractivity (Wildman–Crippen MR) is 77.2 cm³/mol. The summed E-state index contributed by atoms with van der Waals surface area (Å²) in [6.07, 6.45) is 0. The number of hydrogen-bond donors (Lipinski definition) is 2. The average Bonchev–Trinajstić information content (AvgIpc) is 2.43. The zero-order valence-corrected chi connectivity index (χ0v) is 13.0. The maximum atomic E-state index is 13.5. The van der Waals surface area contributed by atoms with Gasteiger partial charge in [0.15, 0.2) is 0 Å². The zero-order valence-electron chi connectivity index (χ0n) is 12.2. The Labute approximate surface area is 125 Å². The molecule has 1 aromatic carbocycles. The molecule has 2 atom stereocenters. The van der Waals surface area contributed by atoms with E-state index >= 15 is 0 Å². The van der Waals surface area contributed by atoms with E-state index in [9.17, 15) is 17.7 Å².